The van der Waals surface area contributed by atoms with Crippen LogP contribution in [-0.4, -0.2) is 30.4 Å². The second kappa shape index (κ2) is 6.78. The molecule has 3 nitrogen and oxygen atoms in total. The third-order valence-corrected chi connectivity index (χ3v) is 4.19. The van der Waals surface area contributed by atoms with Crippen molar-refractivity contribution in [3.8, 4) is 0 Å². The fourth-order valence-corrected chi connectivity index (χ4v) is 2.65. The highest BCUT2D eigenvalue weighted by molar-refractivity contribution is 5.95. The Morgan fingerprint density at radius 1 is 1.40 bits per heavy atom. The van der Waals surface area contributed by atoms with E-state index in [4.69, 9.17) is 0 Å². The molecule has 1 unspecified atom stereocenters. The molecular formula is C17H26N2O. The molecule has 3 heteroatoms. The van der Waals surface area contributed by atoms with Gasteiger partial charge in [-0.3, -0.25) is 4.79 Å². The fraction of sp³-hybridized carbons (Fsp3) is 0.588. The molecule has 2 rings (SSSR count). The summed E-state index contributed by atoms with van der Waals surface area (Å²) in [6.07, 6.45) is 3.33. The second-order valence-corrected chi connectivity index (χ2v) is 5.76. The Hall–Kier alpha value is -1.51. The molecular weight excluding hydrogens is 248 g/mol. The van der Waals surface area contributed by atoms with Gasteiger partial charge in [-0.25, -0.2) is 0 Å². The van der Waals surface area contributed by atoms with E-state index in [1.807, 2.05) is 11.0 Å². The van der Waals surface area contributed by atoms with Crippen LogP contribution in [0.3, 0.4) is 0 Å². The zero-order valence-corrected chi connectivity index (χ0v) is 12.9. The third-order valence-electron chi connectivity index (χ3n) is 4.19. The molecule has 0 saturated heterocycles. The molecule has 110 valence electrons. The normalized spacial score (nSPS) is 15.2. The molecule has 0 fully saturated rings. The van der Waals surface area contributed by atoms with Crippen LogP contribution in [-0.2, 0) is 6.42 Å². The summed E-state index contributed by atoms with van der Waals surface area (Å²) in [6, 6.07) is 6.08. The Labute approximate surface area is 122 Å². The first kappa shape index (κ1) is 14.9. The third kappa shape index (κ3) is 3.33. The van der Waals surface area contributed by atoms with Crippen LogP contribution in [0.2, 0.25) is 0 Å². The number of fused-ring (bicyclic) bond motifs is 1. The molecule has 1 aromatic carbocycles. The first-order valence-electron chi connectivity index (χ1n) is 7.81. The van der Waals surface area contributed by atoms with Gasteiger partial charge >= 0.3 is 0 Å². The number of anilines is 1. The maximum atomic E-state index is 12.6. The van der Waals surface area contributed by atoms with Gasteiger partial charge in [0.25, 0.3) is 5.91 Å². The van der Waals surface area contributed by atoms with Gasteiger partial charge in [-0.2, -0.15) is 0 Å². The Morgan fingerprint density at radius 3 is 2.90 bits per heavy atom. The monoisotopic (exact) mass is 274 g/mol. The van der Waals surface area contributed by atoms with E-state index < -0.39 is 0 Å². The minimum absolute atomic E-state index is 0.168. The molecule has 20 heavy (non-hydrogen) atoms. The quantitative estimate of drug-likeness (QED) is 0.890. The first-order chi connectivity index (χ1) is 9.65. The molecule has 1 heterocycles. The summed E-state index contributed by atoms with van der Waals surface area (Å²) in [5, 5.41) is 3.39. The lowest BCUT2D eigenvalue weighted by molar-refractivity contribution is 0.0741. The fourth-order valence-electron chi connectivity index (χ4n) is 2.65. The number of hydrogen-bond acceptors (Lipinski definition) is 2. The van der Waals surface area contributed by atoms with E-state index in [9.17, 15) is 4.79 Å². The van der Waals surface area contributed by atoms with Crippen molar-refractivity contribution < 1.29 is 4.79 Å². The van der Waals surface area contributed by atoms with Crippen molar-refractivity contribution in [2.45, 2.75) is 40.0 Å². The van der Waals surface area contributed by atoms with E-state index in [0.29, 0.717) is 5.92 Å². The summed E-state index contributed by atoms with van der Waals surface area (Å²) in [5.41, 5.74) is 3.30. The Bertz CT molecular complexity index is 470. The number of aryl methyl sites for hydroxylation is 1. The van der Waals surface area contributed by atoms with E-state index in [1.54, 1.807) is 0 Å². The van der Waals surface area contributed by atoms with Crippen molar-refractivity contribution in [3.63, 3.8) is 0 Å². The SMILES string of the molecule is CCC(C)CN(CC)C(=O)c1ccc2c(c1)CCCN2. The van der Waals surface area contributed by atoms with Crippen LogP contribution in [0.4, 0.5) is 5.69 Å². The van der Waals surface area contributed by atoms with Crippen LogP contribution < -0.4 is 5.32 Å². The van der Waals surface area contributed by atoms with E-state index in [1.165, 1.54) is 11.3 Å². The maximum absolute atomic E-state index is 12.6. The van der Waals surface area contributed by atoms with Crippen LogP contribution in [0.1, 0.15) is 49.5 Å². The number of carbonyl (C=O) groups excluding carboxylic acids is 1. The van der Waals surface area contributed by atoms with Gasteiger partial charge in [-0.1, -0.05) is 20.3 Å². The van der Waals surface area contributed by atoms with Crippen molar-refractivity contribution in [3.05, 3.63) is 29.3 Å². The Balaban J connectivity index is 2.14. The summed E-state index contributed by atoms with van der Waals surface area (Å²) in [5.74, 6) is 0.722. The lowest BCUT2D eigenvalue weighted by atomic mass is 10.00. The molecule has 1 amide bonds. The summed E-state index contributed by atoms with van der Waals surface area (Å²) in [6.45, 7) is 9.09. The molecule has 1 aliphatic heterocycles. The van der Waals surface area contributed by atoms with Crippen molar-refractivity contribution in [1.29, 1.82) is 0 Å². The van der Waals surface area contributed by atoms with E-state index in [2.05, 4.69) is 38.2 Å². The molecule has 0 aliphatic carbocycles. The topological polar surface area (TPSA) is 32.3 Å². The van der Waals surface area contributed by atoms with Gasteiger partial charge in [0, 0.05) is 30.9 Å². The molecule has 1 aromatic rings. The highest BCUT2D eigenvalue weighted by Gasteiger charge is 2.18. The number of nitrogens with one attached hydrogen (secondary N) is 1. The van der Waals surface area contributed by atoms with Crippen LogP contribution in [0.5, 0.6) is 0 Å². The second-order valence-electron chi connectivity index (χ2n) is 5.76. The van der Waals surface area contributed by atoms with Crippen molar-refractivity contribution in [2.75, 3.05) is 25.0 Å². The van der Waals surface area contributed by atoms with E-state index in [0.717, 1.165) is 44.5 Å². The van der Waals surface area contributed by atoms with Crippen LogP contribution in [0.15, 0.2) is 18.2 Å². The van der Waals surface area contributed by atoms with Crippen molar-refractivity contribution in [2.24, 2.45) is 5.92 Å². The minimum Gasteiger partial charge on any atom is -0.385 e. The minimum atomic E-state index is 0.168. The Kier molecular flexibility index (Phi) is 5.05. The lowest BCUT2D eigenvalue weighted by Gasteiger charge is -2.25. The molecule has 1 aliphatic rings. The average Bonchev–Trinajstić information content (AvgIpc) is 2.51. The van der Waals surface area contributed by atoms with Crippen molar-refractivity contribution >= 4 is 11.6 Å². The van der Waals surface area contributed by atoms with Crippen LogP contribution >= 0.6 is 0 Å². The van der Waals surface area contributed by atoms with Gasteiger partial charge in [-0.05, 0) is 49.4 Å². The highest BCUT2D eigenvalue weighted by atomic mass is 16.2. The van der Waals surface area contributed by atoms with Gasteiger partial charge in [0.15, 0.2) is 0 Å². The summed E-state index contributed by atoms with van der Waals surface area (Å²) in [4.78, 5) is 14.6. The molecule has 0 saturated carbocycles. The standard InChI is InChI=1S/C17H26N2O/c1-4-13(3)12-19(5-2)17(20)15-8-9-16-14(11-15)7-6-10-18-16/h8-9,11,13,18H,4-7,10,12H2,1-3H3. The molecule has 0 aromatic heterocycles. The van der Waals surface area contributed by atoms with Crippen LogP contribution in [0.25, 0.3) is 0 Å². The maximum Gasteiger partial charge on any atom is 0.253 e. The van der Waals surface area contributed by atoms with E-state index >= 15 is 0 Å². The zero-order chi connectivity index (χ0) is 14.5. The lowest BCUT2D eigenvalue weighted by Crippen LogP contribution is -2.34. The van der Waals surface area contributed by atoms with Gasteiger partial charge < -0.3 is 10.2 Å². The largest absolute Gasteiger partial charge is 0.385 e. The number of carbonyl (C=O) groups is 1. The predicted octanol–water partition coefficient (Wildman–Crippen LogP) is 3.55. The average molecular weight is 274 g/mol. The first-order valence-corrected chi connectivity index (χ1v) is 7.81. The number of benzene rings is 1. The Morgan fingerprint density at radius 2 is 2.20 bits per heavy atom. The number of amides is 1. The molecule has 0 bridgehead atoms. The van der Waals surface area contributed by atoms with Crippen molar-refractivity contribution in [1.82, 2.24) is 4.90 Å². The van der Waals surface area contributed by atoms with Gasteiger partial charge in [-0.15, -0.1) is 0 Å². The number of nitrogens with zero attached hydrogens (tertiary/aromatic N) is 1. The predicted molar refractivity (Wildman–Crippen MR) is 84.3 cm³/mol. The van der Waals surface area contributed by atoms with E-state index in [-0.39, 0.29) is 5.91 Å². The number of rotatable bonds is 5. The zero-order valence-electron chi connectivity index (χ0n) is 12.9. The highest BCUT2D eigenvalue weighted by Crippen LogP contribution is 2.23. The molecule has 0 radical (unpaired) electrons. The summed E-state index contributed by atoms with van der Waals surface area (Å²) in [7, 11) is 0. The number of hydrogen-bond donors (Lipinski definition) is 1. The summed E-state index contributed by atoms with van der Waals surface area (Å²) >= 11 is 0. The summed E-state index contributed by atoms with van der Waals surface area (Å²) < 4.78 is 0. The van der Waals surface area contributed by atoms with Crippen LogP contribution in [0, 0.1) is 5.92 Å². The van der Waals surface area contributed by atoms with Gasteiger partial charge in [0.05, 0.1) is 0 Å². The molecule has 0 spiro atoms. The molecule has 1 N–H and O–H groups in total. The smallest absolute Gasteiger partial charge is 0.253 e. The van der Waals surface area contributed by atoms with Gasteiger partial charge in [0.1, 0.15) is 0 Å². The molecule has 1 atom stereocenters. The van der Waals surface area contributed by atoms with Gasteiger partial charge in [0.2, 0.25) is 0 Å².